The monoisotopic (exact) mass is 460 g/mol. The summed E-state index contributed by atoms with van der Waals surface area (Å²) in [6.45, 7) is 3.30. The molecular weight excluding hydrogens is 439 g/mol. The molecule has 3 aliphatic rings. The average Bonchev–Trinajstić information content (AvgIpc) is 2.97. The maximum atomic E-state index is 13.0. The van der Waals surface area contributed by atoms with E-state index in [1.54, 1.807) is 6.07 Å². The molecule has 26 heavy (non-hydrogen) atoms. The summed E-state index contributed by atoms with van der Waals surface area (Å²) in [6, 6.07) is 11.9. The zero-order chi connectivity index (χ0) is 18.3. The van der Waals surface area contributed by atoms with Gasteiger partial charge < -0.3 is 14.8 Å². The van der Waals surface area contributed by atoms with Crippen LogP contribution in [0.15, 0.2) is 30.3 Å². The number of nitrogens with one attached hydrogen (secondary N) is 1. The zero-order valence-electron chi connectivity index (χ0n) is 14.7. The first-order valence-electron chi connectivity index (χ1n) is 8.96. The second-order valence-corrected chi connectivity index (χ2v) is 8.36. The Kier molecular flexibility index (Phi) is 4.76. The molecule has 3 fully saturated rings. The molecular formula is C20H21IN4O. The van der Waals surface area contributed by atoms with E-state index in [4.69, 9.17) is 5.26 Å². The van der Waals surface area contributed by atoms with Crippen molar-refractivity contribution >= 4 is 28.5 Å². The Hall–Kier alpha value is -1.85. The summed E-state index contributed by atoms with van der Waals surface area (Å²) in [5, 5.41) is 12.4. The summed E-state index contributed by atoms with van der Waals surface area (Å²) in [7, 11) is 1.92. The van der Waals surface area contributed by atoms with Crippen LogP contribution in [0.5, 0.6) is 0 Å². The number of rotatable bonds is 3. The van der Waals surface area contributed by atoms with Crippen molar-refractivity contribution < 1.29 is 4.79 Å². The molecule has 1 N–H and O–H groups in total. The van der Waals surface area contributed by atoms with E-state index >= 15 is 0 Å². The van der Waals surface area contributed by atoms with E-state index in [1.807, 2.05) is 35.9 Å². The number of carbonyl (C=O) groups excluding carboxylic acids is 1. The first-order chi connectivity index (χ1) is 12.6. The fraction of sp³-hybridized carbons (Fsp3) is 0.400. The summed E-state index contributed by atoms with van der Waals surface area (Å²) < 4.78 is 2.87. The Morgan fingerprint density at radius 3 is 2.73 bits per heavy atom. The van der Waals surface area contributed by atoms with Crippen LogP contribution in [0.2, 0.25) is 0 Å². The van der Waals surface area contributed by atoms with Gasteiger partial charge in [0, 0.05) is 28.9 Å². The third-order valence-electron chi connectivity index (χ3n) is 5.66. The van der Waals surface area contributed by atoms with Crippen molar-refractivity contribution in [1.82, 2.24) is 14.8 Å². The zero-order valence-corrected chi connectivity index (χ0v) is 16.9. The van der Waals surface area contributed by atoms with Gasteiger partial charge >= 0.3 is 0 Å². The van der Waals surface area contributed by atoms with E-state index in [2.05, 4.69) is 38.9 Å². The molecule has 0 saturated carbocycles. The molecule has 1 atom stereocenters. The number of fused-ring (bicyclic) bond motifs is 3. The molecule has 4 heterocycles. The molecule has 5 rings (SSSR count). The summed E-state index contributed by atoms with van der Waals surface area (Å²) in [4.78, 5) is 15.4. The van der Waals surface area contributed by atoms with Crippen LogP contribution in [0, 0.1) is 20.8 Å². The van der Waals surface area contributed by atoms with Gasteiger partial charge in [-0.3, -0.25) is 4.79 Å². The number of amides is 1. The van der Waals surface area contributed by atoms with E-state index in [9.17, 15) is 4.79 Å². The molecule has 0 spiro atoms. The first-order valence-corrected chi connectivity index (χ1v) is 10.0. The van der Waals surface area contributed by atoms with Crippen molar-refractivity contribution in [2.24, 2.45) is 13.0 Å². The third-order valence-corrected chi connectivity index (χ3v) is 6.48. The summed E-state index contributed by atoms with van der Waals surface area (Å²) in [5.41, 5.74) is 3.22. The highest BCUT2D eigenvalue weighted by Crippen LogP contribution is 2.30. The standard InChI is InChI=1S/C20H21IN4O/c1-24-18(15-4-2-3-13(9-15)11-22)10-16(21)19(24)20(26)23-17-12-25-7-5-14(17)6-8-25/h2-4,9-10,14,17H,5-8,12H2,1H3,(H,23,26)/t17-/m0/s1. The van der Waals surface area contributed by atoms with E-state index in [0.29, 0.717) is 17.2 Å². The van der Waals surface area contributed by atoms with Gasteiger partial charge in [-0.2, -0.15) is 5.26 Å². The molecule has 3 aliphatic heterocycles. The van der Waals surface area contributed by atoms with Crippen molar-refractivity contribution in [3.63, 3.8) is 0 Å². The number of piperidine rings is 3. The Bertz CT molecular complexity index is 890. The lowest BCUT2D eigenvalue weighted by Crippen LogP contribution is -2.57. The fourth-order valence-electron chi connectivity index (χ4n) is 4.22. The summed E-state index contributed by atoms with van der Waals surface area (Å²) >= 11 is 2.23. The number of aromatic nitrogens is 1. The largest absolute Gasteiger partial charge is 0.346 e. The van der Waals surface area contributed by atoms with Crippen LogP contribution >= 0.6 is 22.6 Å². The molecule has 3 saturated heterocycles. The lowest BCUT2D eigenvalue weighted by Gasteiger charge is -2.44. The van der Waals surface area contributed by atoms with Crippen LogP contribution in [0.1, 0.15) is 28.9 Å². The van der Waals surface area contributed by atoms with Gasteiger partial charge in [-0.15, -0.1) is 0 Å². The smallest absolute Gasteiger partial charge is 0.269 e. The van der Waals surface area contributed by atoms with E-state index in [0.717, 1.165) is 34.5 Å². The average molecular weight is 460 g/mol. The Morgan fingerprint density at radius 1 is 1.31 bits per heavy atom. The second kappa shape index (κ2) is 7.05. The van der Waals surface area contributed by atoms with Crippen LogP contribution in [-0.2, 0) is 7.05 Å². The molecule has 5 nitrogen and oxygen atoms in total. The molecule has 1 aromatic heterocycles. The van der Waals surface area contributed by atoms with Gasteiger partial charge in [0.15, 0.2) is 0 Å². The third kappa shape index (κ3) is 3.14. The number of hydrogen-bond acceptors (Lipinski definition) is 3. The van der Waals surface area contributed by atoms with Crippen LogP contribution in [0.25, 0.3) is 11.3 Å². The van der Waals surface area contributed by atoms with Crippen LogP contribution in [0.3, 0.4) is 0 Å². The van der Waals surface area contributed by atoms with Gasteiger partial charge in [0.1, 0.15) is 5.69 Å². The highest BCUT2D eigenvalue weighted by Gasteiger charge is 2.35. The minimum absolute atomic E-state index is 0.00154. The molecule has 0 unspecified atom stereocenters. The van der Waals surface area contributed by atoms with Crippen molar-refractivity contribution in [1.29, 1.82) is 5.26 Å². The van der Waals surface area contributed by atoms with E-state index in [-0.39, 0.29) is 11.9 Å². The topological polar surface area (TPSA) is 61.1 Å². The molecule has 6 heteroatoms. The lowest BCUT2D eigenvalue weighted by atomic mass is 9.84. The predicted molar refractivity (Wildman–Crippen MR) is 109 cm³/mol. The summed E-state index contributed by atoms with van der Waals surface area (Å²) in [5.74, 6) is 0.604. The quantitative estimate of drug-likeness (QED) is 0.717. The lowest BCUT2D eigenvalue weighted by molar-refractivity contribution is 0.0615. The number of hydrogen-bond donors (Lipinski definition) is 1. The molecule has 2 aromatic rings. The minimum Gasteiger partial charge on any atom is -0.346 e. The Labute approximate surface area is 167 Å². The maximum Gasteiger partial charge on any atom is 0.269 e. The molecule has 1 aromatic carbocycles. The van der Waals surface area contributed by atoms with Crippen molar-refractivity contribution in [2.75, 3.05) is 19.6 Å². The molecule has 0 radical (unpaired) electrons. The van der Waals surface area contributed by atoms with E-state index < -0.39 is 0 Å². The van der Waals surface area contributed by atoms with Crippen molar-refractivity contribution in [3.05, 3.63) is 45.2 Å². The second-order valence-electron chi connectivity index (χ2n) is 7.20. The van der Waals surface area contributed by atoms with Crippen LogP contribution in [-0.4, -0.2) is 41.1 Å². The molecule has 2 bridgehead atoms. The summed E-state index contributed by atoms with van der Waals surface area (Å²) in [6.07, 6.45) is 2.36. The van der Waals surface area contributed by atoms with Crippen LogP contribution in [0.4, 0.5) is 0 Å². The Morgan fingerprint density at radius 2 is 2.08 bits per heavy atom. The van der Waals surface area contributed by atoms with Gasteiger partial charge in [0.05, 0.1) is 11.6 Å². The number of nitrogens with zero attached hydrogens (tertiary/aromatic N) is 3. The number of benzene rings is 1. The van der Waals surface area contributed by atoms with Gasteiger partial charge in [-0.1, -0.05) is 12.1 Å². The maximum absolute atomic E-state index is 13.0. The van der Waals surface area contributed by atoms with Crippen LogP contribution < -0.4 is 5.32 Å². The number of nitriles is 1. The van der Waals surface area contributed by atoms with Crippen molar-refractivity contribution in [3.8, 4) is 17.3 Å². The number of carbonyl (C=O) groups is 1. The highest BCUT2D eigenvalue weighted by atomic mass is 127. The highest BCUT2D eigenvalue weighted by molar-refractivity contribution is 14.1. The van der Waals surface area contributed by atoms with Gasteiger partial charge in [-0.25, -0.2) is 0 Å². The first kappa shape index (κ1) is 17.6. The van der Waals surface area contributed by atoms with Gasteiger partial charge in [0.2, 0.25) is 0 Å². The normalized spacial score (nSPS) is 24.3. The fourth-order valence-corrected chi connectivity index (χ4v) is 5.12. The molecule has 0 aliphatic carbocycles. The number of halogens is 1. The molecule has 1 amide bonds. The Balaban J connectivity index is 1.60. The van der Waals surface area contributed by atoms with Gasteiger partial charge in [-0.05, 0) is 78.2 Å². The predicted octanol–water partition coefficient (Wildman–Crippen LogP) is 2.99. The van der Waals surface area contributed by atoms with Gasteiger partial charge in [0.25, 0.3) is 5.91 Å². The molecule has 134 valence electrons. The minimum atomic E-state index is -0.00154. The van der Waals surface area contributed by atoms with Crippen molar-refractivity contribution in [2.45, 2.75) is 18.9 Å². The van der Waals surface area contributed by atoms with E-state index in [1.165, 1.54) is 12.8 Å². The SMILES string of the molecule is Cn1c(-c2cccc(C#N)c2)cc(I)c1C(=O)N[C@H]1CN2CCC1CC2.